The summed E-state index contributed by atoms with van der Waals surface area (Å²) in [4.78, 5) is 15.6. The molecule has 0 atom stereocenters. The van der Waals surface area contributed by atoms with E-state index in [1.165, 1.54) is 6.92 Å². The molecule has 0 radical (unpaired) electrons. The molecule has 2 aromatic rings. The van der Waals surface area contributed by atoms with Gasteiger partial charge in [-0.25, -0.2) is 0 Å². The van der Waals surface area contributed by atoms with Crippen molar-refractivity contribution in [2.45, 2.75) is 6.92 Å². The lowest BCUT2D eigenvalue weighted by atomic mass is 10.0. The van der Waals surface area contributed by atoms with Crippen LogP contribution in [0.15, 0.2) is 30.6 Å². The number of hydrogen-bond acceptors (Lipinski definition) is 3. The number of hydrogen-bond donors (Lipinski definition) is 0. The van der Waals surface area contributed by atoms with E-state index in [9.17, 15) is 4.79 Å². The fraction of sp³-hybridized carbons (Fsp3) is 0.167. The zero-order chi connectivity index (χ0) is 10.8. The van der Waals surface area contributed by atoms with Gasteiger partial charge in [-0.1, -0.05) is 0 Å². The summed E-state index contributed by atoms with van der Waals surface area (Å²) in [6.07, 6.45) is 3.41. The van der Waals surface area contributed by atoms with Gasteiger partial charge in [-0.3, -0.25) is 9.78 Å². The maximum atomic E-state index is 11.5. The number of Topliss-reactive ketones (excluding diaryl/α,β-unsaturated/α-hetero) is 1. The monoisotopic (exact) mass is 201 g/mol. The molecule has 0 unspecified atom stereocenters. The van der Waals surface area contributed by atoms with E-state index in [1.54, 1.807) is 25.6 Å². The minimum atomic E-state index is 0.00338. The molecule has 0 saturated heterocycles. The van der Waals surface area contributed by atoms with Gasteiger partial charge in [-0.2, -0.15) is 0 Å². The third-order valence-electron chi connectivity index (χ3n) is 2.35. The number of ether oxygens (including phenoxy) is 1. The molecule has 0 bridgehead atoms. The summed E-state index contributed by atoms with van der Waals surface area (Å²) < 4.78 is 5.17. The van der Waals surface area contributed by atoms with Crippen molar-refractivity contribution in [3.05, 3.63) is 36.2 Å². The Morgan fingerprint density at radius 1 is 1.33 bits per heavy atom. The summed E-state index contributed by atoms with van der Waals surface area (Å²) in [5, 5.41) is 1.83. The van der Waals surface area contributed by atoms with Gasteiger partial charge in [0.05, 0.1) is 12.7 Å². The number of fused-ring (bicyclic) bond motifs is 1. The number of carbonyl (C=O) groups is 1. The Bertz CT molecular complexity index is 520. The number of pyridine rings is 1. The molecule has 1 heterocycles. The number of methoxy groups -OCH3 is 1. The molecule has 15 heavy (non-hydrogen) atoms. The van der Waals surface area contributed by atoms with E-state index in [0.29, 0.717) is 11.3 Å². The quantitative estimate of drug-likeness (QED) is 0.700. The maximum Gasteiger partial charge on any atom is 0.164 e. The number of carbonyl (C=O) groups excluding carboxylic acids is 1. The molecular weight excluding hydrogens is 190 g/mol. The largest absolute Gasteiger partial charge is 0.496 e. The molecule has 0 N–H and O–H groups in total. The Morgan fingerprint density at radius 2 is 2.13 bits per heavy atom. The van der Waals surface area contributed by atoms with Crippen LogP contribution in [0.5, 0.6) is 5.75 Å². The first-order valence-corrected chi connectivity index (χ1v) is 4.65. The van der Waals surface area contributed by atoms with Crippen LogP contribution in [0, 0.1) is 0 Å². The average Bonchev–Trinajstić information content (AvgIpc) is 2.27. The van der Waals surface area contributed by atoms with Crippen molar-refractivity contribution in [2.75, 3.05) is 7.11 Å². The molecule has 0 amide bonds. The van der Waals surface area contributed by atoms with Crippen LogP contribution in [0.4, 0.5) is 0 Å². The molecule has 3 heteroatoms. The molecule has 0 spiro atoms. The number of benzene rings is 1. The van der Waals surface area contributed by atoms with Crippen LogP contribution in [-0.4, -0.2) is 17.9 Å². The second-order valence-corrected chi connectivity index (χ2v) is 3.30. The molecule has 76 valence electrons. The Morgan fingerprint density at radius 3 is 2.80 bits per heavy atom. The molecule has 0 fully saturated rings. The Kier molecular flexibility index (Phi) is 2.37. The maximum absolute atomic E-state index is 11.5. The lowest BCUT2D eigenvalue weighted by molar-refractivity contribution is 0.101. The van der Waals surface area contributed by atoms with E-state index in [0.717, 1.165) is 10.8 Å². The van der Waals surface area contributed by atoms with E-state index < -0.39 is 0 Å². The lowest BCUT2D eigenvalue weighted by Crippen LogP contribution is -1.98. The number of rotatable bonds is 2. The molecule has 0 saturated carbocycles. The normalized spacial score (nSPS) is 10.3. The highest BCUT2D eigenvalue weighted by atomic mass is 16.5. The summed E-state index contributed by atoms with van der Waals surface area (Å²) in [6, 6.07) is 5.52. The van der Waals surface area contributed by atoms with Crippen LogP contribution in [0.1, 0.15) is 17.3 Å². The summed E-state index contributed by atoms with van der Waals surface area (Å²) in [5.41, 5.74) is 0.623. The Labute approximate surface area is 87.7 Å². The molecule has 2 rings (SSSR count). The van der Waals surface area contributed by atoms with Crippen LogP contribution in [-0.2, 0) is 0 Å². The van der Waals surface area contributed by atoms with Gasteiger partial charge < -0.3 is 4.74 Å². The van der Waals surface area contributed by atoms with Crippen molar-refractivity contribution in [2.24, 2.45) is 0 Å². The van der Waals surface area contributed by atoms with Gasteiger partial charge in [0, 0.05) is 17.8 Å². The lowest BCUT2D eigenvalue weighted by Gasteiger charge is -2.08. The van der Waals surface area contributed by atoms with Crippen LogP contribution in [0.25, 0.3) is 10.8 Å². The smallest absolute Gasteiger partial charge is 0.164 e. The molecule has 0 aliphatic heterocycles. The first-order chi connectivity index (χ1) is 7.24. The topological polar surface area (TPSA) is 39.2 Å². The van der Waals surface area contributed by atoms with Gasteiger partial charge in [0.2, 0.25) is 0 Å². The molecule has 1 aromatic carbocycles. The minimum absolute atomic E-state index is 0.00338. The van der Waals surface area contributed by atoms with Gasteiger partial charge >= 0.3 is 0 Å². The second kappa shape index (κ2) is 3.69. The number of ketones is 1. The number of aromatic nitrogens is 1. The zero-order valence-electron chi connectivity index (χ0n) is 8.65. The highest BCUT2D eigenvalue weighted by Crippen LogP contribution is 2.27. The first-order valence-electron chi connectivity index (χ1n) is 4.65. The predicted octanol–water partition coefficient (Wildman–Crippen LogP) is 2.45. The second-order valence-electron chi connectivity index (χ2n) is 3.30. The average molecular weight is 201 g/mol. The van der Waals surface area contributed by atoms with Crippen LogP contribution in [0.3, 0.4) is 0 Å². The summed E-state index contributed by atoms with van der Waals surface area (Å²) >= 11 is 0. The summed E-state index contributed by atoms with van der Waals surface area (Å²) in [6.45, 7) is 1.54. The van der Waals surface area contributed by atoms with Crippen molar-refractivity contribution in [3.8, 4) is 5.75 Å². The minimum Gasteiger partial charge on any atom is -0.496 e. The molecule has 0 aliphatic carbocycles. The Hall–Kier alpha value is -1.90. The van der Waals surface area contributed by atoms with E-state index in [2.05, 4.69) is 4.98 Å². The van der Waals surface area contributed by atoms with E-state index in [1.807, 2.05) is 12.1 Å². The highest BCUT2D eigenvalue weighted by Gasteiger charge is 2.11. The third-order valence-corrected chi connectivity index (χ3v) is 2.35. The van der Waals surface area contributed by atoms with Gasteiger partial charge in [0.15, 0.2) is 5.78 Å². The molecule has 1 aromatic heterocycles. The third kappa shape index (κ3) is 1.56. The van der Waals surface area contributed by atoms with Crippen molar-refractivity contribution >= 4 is 16.6 Å². The van der Waals surface area contributed by atoms with Gasteiger partial charge in [-0.05, 0) is 30.5 Å². The number of nitrogens with zero attached hydrogens (tertiary/aromatic N) is 1. The van der Waals surface area contributed by atoms with Crippen LogP contribution >= 0.6 is 0 Å². The SMILES string of the molecule is COc1ccc2cnccc2c1C(C)=O. The van der Waals surface area contributed by atoms with Gasteiger partial charge in [0.25, 0.3) is 0 Å². The standard InChI is InChI=1S/C12H11NO2/c1-8(14)12-10-5-6-13-7-9(10)3-4-11(12)15-2/h3-7H,1-2H3. The molecule has 0 aliphatic rings. The van der Waals surface area contributed by atoms with E-state index in [4.69, 9.17) is 4.74 Å². The van der Waals surface area contributed by atoms with Crippen LogP contribution in [0.2, 0.25) is 0 Å². The van der Waals surface area contributed by atoms with Crippen molar-refractivity contribution in [1.82, 2.24) is 4.98 Å². The van der Waals surface area contributed by atoms with E-state index in [-0.39, 0.29) is 5.78 Å². The summed E-state index contributed by atoms with van der Waals surface area (Å²) in [7, 11) is 1.56. The van der Waals surface area contributed by atoms with Crippen molar-refractivity contribution in [1.29, 1.82) is 0 Å². The first kappa shape index (κ1) is 9.65. The zero-order valence-corrected chi connectivity index (χ0v) is 8.65. The predicted molar refractivity (Wildman–Crippen MR) is 58.3 cm³/mol. The van der Waals surface area contributed by atoms with E-state index >= 15 is 0 Å². The molecule has 3 nitrogen and oxygen atoms in total. The van der Waals surface area contributed by atoms with Gasteiger partial charge in [-0.15, -0.1) is 0 Å². The van der Waals surface area contributed by atoms with Crippen molar-refractivity contribution < 1.29 is 9.53 Å². The van der Waals surface area contributed by atoms with Crippen LogP contribution < -0.4 is 4.74 Å². The van der Waals surface area contributed by atoms with Gasteiger partial charge in [0.1, 0.15) is 5.75 Å². The fourth-order valence-electron chi connectivity index (χ4n) is 1.68. The fourth-order valence-corrected chi connectivity index (χ4v) is 1.68. The Balaban J connectivity index is 2.85. The molecular formula is C12H11NO2. The van der Waals surface area contributed by atoms with Crippen molar-refractivity contribution in [3.63, 3.8) is 0 Å². The highest BCUT2D eigenvalue weighted by molar-refractivity contribution is 6.09. The summed E-state index contributed by atoms with van der Waals surface area (Å²) in [5.74, 6) is 0.616.